The molecule has 0 aliphatic rings. The Morgan fingerprint density at radius 3 is 2.52 bits per heavy atom. The van der Waals surface area contributed by atoms with Crippen molar-refractivity contribution in [3.05, 3.63) is 78.4 Å². The third-order valence-corrected chi connectivity index (χ3v) is 4.63. The summed E-state index contributed by atoms with van der Waals surface area (Å²) in [5, 5.41) is 9.33. The van der Waals surface area contributed by atoms with Crippen LogP contribution in [0.4, 0.5) is 25.0 Å². The molecule has 3 aromatic carbocycles. The van der Waals surface area contributed by atoms with E-state index in [0.29, 0.717) is 29.0 Å². The molecule has 2 amide bonds. The number of nitrogens with zero attached hydrogens (tertiary/aromatic N) is 3. The number of nitrogens with one attached hydrogen (secondary N) is 2. The van der Waals surface area contributed by atoms with E-state index >= 15 is 0 Å². The lowest BCUT2D eigenvalue weighted by atomic mass is 10.2. The van der Waals surface area contributed by atoms with Crippen LogP contribution in [0.15, 0.2) is 66.7 Å². The molecule has 0 aliphatic carbocycles. The Kier molecular flexibility index (Phi) is 6.16. The number of benzene rings is 3. The van der Waals surface area contributed by atoms with Gasteiger partial charge in [-0.1, -0.05) is 18.2 Å². The van der Waals surface area contributed by atoms with Crippen molar-refractivity contribution in [2.24, 2.45) is 0 Å². The van der Waals surface area contributed by atoms with Gasteiger partial charge in [0.15, 0.2) is 5.82 Å². The fourth-order valence-electron chi connectivity index (χ4n) is 3.10. The van der Waals surface area contributed by atoms with E-state index in [0.717, 1.165) is 17.7 Å². The molecule has 0 saturated heterocycles. The van der Waals surface area contributed by atoms with Crippen LogP contribution < -0.4 is 20.1 Å². The molecule has 0 aliphatic heterocycles. The summed E-state index contributed by atoms with van der Waals surface area (Å²) in [5.74, 6) is -0.459. The number of carbonyl (C=O) groups excluding carboxylic acids is 1. The quantitative estimate of drug-likeness (QED) is 0.436. The van der Waals surface area contributed by atoms with E-state index in [-0.39, 0.29) is 11.7 Å². The van der Waals surface area contributed by atoms with E-state index < -0.39 is 17.7 Å². The molecule has 168 valence electrons. The van der Waals surface area contributed by atoms with Crippen LogP contribution in [0.3, 0.4) is 0 Å². The Morgan fingerprint density at radius 2 is 1.76 bits per heavy atom. The van der Waals surface area contributed by atoms with E-state index in [1.54, 1.807) is 36.1 Å². The molecule has 0 unspecified atom stereocenters. The molecule has 0 bridgehead atoms. The molecule has 2 N–H and O–H groups in total. The Morgan fingerprint density at radius 1 is 0.939 bits per heavy atom. The van der Waals surface area contributed by atoms with Crippen LogP contribution in [0, 0.1) is 11.6 Å². The number of hydrogen-bond donors (Lipinski definition) is 2. The standard InChI is InChI=1S/C23H19F2N5O3/c1-32-18-8-3-5-14(11-18)21-28-23(33-2)29-30(21)17-7-4-6-16(13-17)26-22(31)27-20-10-9-15(24)12-19(20)25/h3-13H,1-2H3,(H2,26,27,31). The molecule has 4 rings (SSSR count). The Balaban J connectivity index is 1.61. The highest BCUT2D eigenvalue weighted by molar-refractivity contribution is 6.00. The summed E-state index contributed by atoms with van der Waals surface area (Å²) in [6.45, 7) is 0. The van der Waals surface area contributed by atoms with Gasteiger partial charge in [-0.3, -0.25) is 0 Å². The Labute approximate surface area is 187 Å². The van der Waals surface area contributed by atoms with Crippen molar-refractivity contribution in [2.45, 2.75) is 0 Å². The van der Waals surface area contributed by atoms with Crippen LogP contribution >= 0.6 is 0 Å². The van der Waals surface area contributed by atoms with Crippen LogP contribution in [0.1, 0.15) is 0 Å². The molecule has 0 saturated carbocycles. The lowest BCUT2D eigenvalue weighted by Gasteiger charge is -2.11. The third-order valence-electron chi connectivity index (χ3n) is 4.63. The molecule has 4 aromatic rings. The SMILES string of the molecule is COc1cccc(-c2nc(OC)nn2-c2cccc(NC(=O)Nc3ccc(F)cc3F)c2)c1. The maximum absolute atomic E-state index is 13.8. The van der Waals surface area contributed by atoms with Gasteiger partial charge in [0.2, 0.25) is 0 Å². The second-order valence-electron chi connectivity index (χ2n) is 6.82. The van der Waals surface area contributed by atoms with Crippen LogP contribution in [-0.4, -0.2) is 35.0 Å². The van der Waals surface area contributed by atoms with Gasteiger partial charge in [0, 0.05) is 17.3 Å². The number of halogens is 2. The van der Waals surface area contributed by atoms with E-state index in [1.165, 1.54) is 7.11 Å². The van der Waals surface area contributed by atoms with Crippen molar-refractivity contribution < 1.29 is 23.0 Å². The minimum Gasteiger partial charge on any atom is -0.497 e. The second kappa shape index (κ2) is 9.35. The van der Waals surface area contributed by atoms with E-state index in [4.69, 9.17) is 9.47 Å². The predicted octanol–water partition coefficient (Wildman–Crippen LogP) is 4.87. The summed E-state index contributed by atoms with van der Waals surface area (Å²) >= 11 is 0. The van der Waals surface area contributed by atoms with E-state index in [9.17, 15) is 13.6 Å². The Hall–Kier alpha value is -4.47. The van der Waals surface area contributed by atoms with Gasteiger partial charge in [0.1, 0.15) is 17.4 Å². The minimum absolute atomic E-state index is 0.147. The van der Waals surface area contributed by atoms with Crippen molar-refractivity contribution in [3.8, 4) is 28.8 Å². The molecule has 10 heteroatoms. The van der Waals surface area contributed by atoms with Gasteiger partial charge >= 0.3 is 12.0 Å². The van der Waals surface area contributed by atoms with Gasteiger partial charge in [-0.15, -0.1) is 5.10 Å². The summed E-state index contributed by atoms with van der Waals surface area (Å²) in [6.07, 6.45) is 0. The first-order valence-corrected chi connectivity index (χ1v) is 9.76. The normalized spacial score (nSPS) is 10.5. The largest absolute Gasteiger partial charge is 0.497 e. The maximum Gasteiger partial charge on any atom is 0.336 e. The van der Waals surface area contributed by atoms with Crippen molar-refractivity contribution >= 4 is 17.4 Å². The lowest BCUT2D eigenvalue weighted by molar-refractivity contribution is 0.262. The first-order chi connectivity index (χ1) is 16.0. The smallest absolute Gasteiger partial charge is 0.336 e. The summed E-state index contributed by atoms with van der Waals surface area (Å²) in [6, 6.07) is 16.5. The molecule has 1 aromatic heterocycles. The number of hydrogen-bond acceptors (Lipinski definition) is 5. The van der Waals surface area contributed by atoms with Crippen molar-refractivity contribution in [3.63, 3.8) is 0 Å². The zero-order valence-corrected chi connectivity index (χ0v) is 17.7. The number of amides is 2. The fraction of sp³-hybridized carbons (Fsp3) is 0.0870. The first kappa shape index (κ1) is 21.8. The number of urea groups is 1. The summed E-state index contributed by atoms with van der Waals surface area (Å²) in [4.78, 5) is 16.7. The molecule has 0 atom stereocenters. The molecular formula is C23H19F2N5O3. The molecule has 0 fully saturated rings. The van der Waals surface area contributed by atoms with Gasteiger partial charge in [0.05, 0.1) is 25.6 Å². The average molecular weight is 451 g/mol. The van der Waals surface area contributed by atoms with Gasteiger partial charge < -0.3 is 20.1 Å². The van der Waals surface area contributed by atoms with Crippen LogP contribution in [0.2, 0.25) is 0 Å². The third kappa shape index (κ3) is 4.90. The molecule has 8 nitrogen and oxygen atoms in total. The van der Waals surface area contributed by atoms with Crippen LogP contribution in [0.5, 0.6) is 11.8 Å². The van der Waals surface area contributed by atoms with Crippen molar-refractivity contribution in [1.82, 2.24) is 14.8 Å². The first-order valence-electron chi connectivity index (χ1n) is 9.76. The minimum atomic E-state index is -0.878. The zero-order valence-electron chi connectivity index (χ0n) is 17.7. The summed E-state index contributed by atoms with van der Waals surface area (Å²) in [5.41, 5.74) is 1.60. The maximum atomic E-state index is 13.8. The molecule has 1 heterocycles. The van der Waals surface area contributed by atoms with Crippen molar-refractivity contribution in [1.29, 1.82) is 0 Å². The molecular weight excluding hydrogens is 432 g/mol. The molecule has 0 spiro atoms. The monoisotopic (exact) mass is 451 g/mol. The van der Waals surface area contributed by atoms with E-state index in [2.05, 4.69) is 20.7 Å². The highest BCUT2D eigenvalue weighted by Crippen LogP contribution is 2.27. The fourth-order valence-corrected chi connectivity index (χ4v) is 3.10. The number of ether oxygens (including phenoxy) is 2. The molecule has 0 radical (unpaired) electrons. The van der Waals surface area contributed by atoms with Gasteiger partial charge in [-0.25, -0.2) is 18.3 Å². The van der Waals surface area contributed by atoms with Gasteiger partial charge in [-0.05, 0) is 42.5 Å². The number of aromatic nitrogens is 3. The van der Waals surface area contributed by atoms with Crippen LogP contribution in [-0.2, 0) is 0 Å². The van der Waals surface area contributed by atoms with Gasteiger partial charge in [0.25, 0.3) is 0 Å². The number of methoxy groups -OCH3 is 2. The number of carbonyl (C=O) groups is 1. The second-order valence-corrected chi connectivity index (χ2v) is 6.82. The number of rotatable bonds is 6. The predicted molar refractivity (Wildman–Crippen MR) is 119 cm³/mol. The van der Waals surface area contributed by atoms with Gasteiger partial charge in [-0.2, -0.15) is 4.98 Å². The number of anilines is 2. The van der Waals surface area contributed by atoms with Crippen LogP contribution in [0.25, 0.3) is 17.1 Å². The average Bonchev–Trinajstić information content (AvgIpc) is 3.26. The Bertz CT molecular complexity index is 1310. The lowest BCUT2D eigenvalue weighted by Crippen LogP contribution is -2.20. The van der Waals surface area contributed by atoms with E-state index in [1.807, 2.05) is 24.3 Å². The highest BCUT2D eigenvalue weighted by atomic mass is 19.1. The van der Waals surface area contributed by atoms with Crippen molar-refractivity contribution in [2.75, 3.05) is 24.9 Å². The molecule has 33 heavy (non-hydrogen) atoms. The topological polar surface area (TPSA) is 90.3 Å². The highest BCUT2D eigenvalue weighted by Gasteiger charge is 2.16. The zero-order chi connectivity index (χ0) is 23.4. The summed E-state index contributed by atoms with van der Waals surface area (Å²) < 4.78 is 38.9. The summed E-state index contributed by atoms with van der Waals surface area (Å²) in [7, 11) is 3.04.